The van der Waals surface area contributed by atoms with Crippen LogP contribution in [0.4, 0.5) is 0 Å². The molecule has 1 aromatic rings. The lowest BCUT2D eigenvalue weighted by Crippen LogP contribution is -2.42. The number of nitrogens with zero attached hydrogens (tertiary/aromatic N) is 5. The Morgan fingerprint density at radius 1 is 1.43 bits per heavy atom. The van der Waals surface area contributed by atoms with Crippen LogP contribution < -0.4 is 5.32 Å². The molecule has 1 aliphatic rings. The van der Waals surface area contributed by atoms with Gasteiger partial charge in [0.15, 0.2) is 0 Å². The summed E-state index contributed by atoms with van der Waals surface area (Å²) in [6, 6.07) is -0.163. The zero-order chi connectivity index (χ0) is 15.5. The molecule has 0 saturated carbocycles. The molecule has 9 nitrogen and oxygen atoms in total. The molecule has 0 aliphatic carbocycles. The molecule has 1 saturated heterocycles. The second-order valence-corrected chi connectivity index (χ2v) is 7.29. The zero-order valence-corrected chi connectivity index (χ0v) is 13.0. The Balaban J connectivity index is 1.97. The van der Waals surface area contributed by atoms with Crippen molar-refractivity contribution in [2.45, 2.75) is 32.4 Å². The molecular weight excluding hydrogens is 296 g/mol. The fraction of sp³-hybridized carbons (Fsp3) is 0.818. The maximum absolute atomic E-state index is 12.0. The van der Waals surface area contributed by atoms with Gasteiger partial charge < -0.3 is 5.32 Å². The Morgan fingerprint density at radius 2 is 2.19 bits per heavy atom. The van der Waals surface area contributed by atoms with E-state index in [0.29, 0.717) is 13.1 Å². The molecule has 1 fully saturated rings. The third-order valence-corrected chi connectivity index (χ3v) is 4.82. The largest absolute Gasteiger partial charge is 0.350 e. The van der Waals surface area contributed by atoms with Crippen molar-refractivity contribution in [3.8, 4) is 0 Å². The first-order valence-corrected chi connectivity index (χ1v) is 8.70. The van der Waals surface area contributed by atoms with Gasteiger partial charge in [-0.3, -0.25) is 4.79 Å². The minimum absolute atomic E-state index is 0.0290. The van der Waals surface area contributed by atoms with Crippen LogP contribution in [-0.2, 0) is 21.4 Å². The molecule has 118 valence electrons. The van der Waals surface area contributed by atoms with Crippen molar-refractivity contribution in [2.24, 2.45) is 5.92 Å². The SMILES string of the molecule is CCC[C@H]1CN(S(C)(=O)=O)C[C@@H]1NC(=O)Cn1cnnn1. The molecule has 1 amide bonds. The van der Waals surface area contributed by atoms with Crippen molar-refractivity contribution in [3.05, 3.63) is 6.33 Å². The fourth-order valence-corrected chi connectivity index (χ4v) is 3.48. The standard InChI is InChI=1S/C11H20N6O3S/c1-3-4-9-5-17(21(2,19)20)6-10(9)13-11(18)7-16-8-12-14-15-16/h8-10H,3-7H2,1-2H3,(H,13,18)/t9-,10-/m0/s1. The van der Waals surface area contributed by atoms with Gasteiger partial charge in [0.25, 0.3) is 0 Å². The van der Waals surface area contributed by atoms with Crippen LogP contribution in [0.5, 0.6) is 0 Å². The molecule has 0 radical (unpaired) electrons. The summed E-state index contributed by atoms with van der Waals surface area (Å²) >= 11 is 0. The summed E-state index contributed by atoms with van der Waals surface area (Å²) in [4.78, 5) is 12.0. The fourth-order valence-electron chi connectivity index (χ4n) is 2.58. The van der Waals surface area contributed by atoms with Gasteiger partial charge in [-0.15, -0.1) is 5.10 Å². The van der Waals surface area contributed by atoms with Gasteiger partial charge in [0, 0.05) is 19.1 Å². The van der Waals surface area contributed by atoms with Gasteiger partial charge in [0.2, 0.25) is 15.9 Å². The number of carbonyl (C=O) groups excluding carboxylic acids is 1. The van der Waals surface area contributed by atoms with Crippen LogP contribution in [0.1, 0.15) is 19.8 Å². The number of amides is 1. The van der Waals surface area contributed by atoms with Crippen molar-refractivity contribution in [1.82, 2.24) is 29.8 Å². The highest BCUT2D eigenvalue weighted by atomic mass is 32.2. The topological polar surface area (TPSA) is 110 Å². The Hall–Kier alpha value is -1.55. The summed E-state index contributed by atoms with van der Waals surface area (Å²) < 4.78 is 26.1. The predicted octanol–water partition coefficient (Wildman–Crippen LogP) is -1.15. The maximum atomic E-state index is 12.0. The van der Waals surface area contributed by atoms with Crippen LogP contribution in [-0.4, -0.2) is 64.2 Å². The summed E-state index contributed by atoms with van der Waals surface area (Å²) in [5.74, 6) is -0.0775. The Bertz CT molecular complexity index is 573. The highest BCUT2D eigenvalue weighted by Gasteiger charge is 2.37. The second kappa shape index (κ2) is 6.48. The van der Waals surface area contributed by atoms with Gasteiger partial charge in [-0.25, -0.2) is 13.1 Å². The third kappa shape index (κ3) is 4.21. The first kappa shape index (κ1) is 15.8. The van der Waals surface area contributed by atoms with Crippen molar-refractivity contribution >= 4 is 15.9 Å². The van der Waals surface area contributed by atoms with E-state index in [1.165, 1.54) is 21.6 Å². The lowest BCUT2D eigenvalue weighted by molar-refractivity contribution is -0.122. The van der Waals surface area contributed by atoms with Crippen LogP contribution in [0.2, 0.25) is 0 Å². The molecule has 21 heavy (non-hydrogen) atoms. The van der Waals surface area contributed by atoms with Gasteiger partial charge in [-0.1, -0.05) is 13.3 Å². The second-order valence-electron chi connectivity index (χ2n) is 5.31. The van der Waals surface area contributed by atoms with Crippen molar-refractivity contribution in [3.63, 3.8) is 0 Å². The first-order valence-electron chi connectivity index (χ1n) is 6.85. The average Bonchev–Trinajstić information content (AvgIpc) is 2.99. The molecule has 0 bridgehead atoms. The number of sulfonamides is 1. The number of nitrogens with one attached hydrogen (secondary N) is 1. The number of carbonyl (C=O) groups is 1. The predicted molar refractivity (Wildman–Crippen MR) is 74.6 cm³/mol. The molecule has 2 heterocycles. The van der Waals surface area contributed by atoms with Gasteiger partial charge in [0.1, 0.15) is 12.9 Å². The molecule has 1 aliphatic heterocycles. The van der Waals surface area contributed by atoms with E-state index in [4.69, 9.17) is 0 Å². The van der Waals surface area contributed by atoms with Crippen LogP contribution in [0.15, 0.2) is 6.33 Å². The summed E-state index contributed by atoms with van der Waals surface area (Å²) in [6.07, 6.45) is 4.38. The molecular formula is C11H20N6O3S. The number of aromatic nitrogens is 4. The van der Waals surface area contributed by atoms with E-state index in [0.717, 1.165) is 12.8 Å². The van der Waals surface area contributed by atoms with Gasteiger partial charge >= 0.3 is 0 Å². The van der Waals surface area contributed by atoms with Gasteiger partial charge in [-0.05, 0) is 22.8 Å². The van der Waals surface area contributed by atoms with E-state index in [-0.39, 0.29) is 24.4 Å². The highest BCUT2D eigenvalue weighted by molar-refractivity contribution is 7.88. The molecule has 1 N–H and O–H groups in total. The van der Waals surface area contributed by atoms with E-state index < -0.39 is 10.0 Å². The third-order valence-electron chi connectivity index (χ3n) is 3.58. The van der Waals surface area contributed by atoms with E-state index in [2.05, 4.69) is 20.8 Å². The van der Waals surface area contributed by atoms with Crippen molar-refractivity contribution < 1.29 is 13.2 Å². The van der Waals surface area contributed by atoms with Crippen molar-refractivity contribution in [2.75, 3.05) is 19.3 Å². The van der Waals surface area contributed by atoms with Crippen molar-refractivity contribution in [1.29, 1.82) is 0 Å². The Morgan fingerprint density at radius 3 is 2.76 bits per heavy atom. The van der Waals surface area contributed by atoms with Crippen LogP contribution in [0.25, 0.3) is 0 Å². The summed E-state index contributed by atoms with van der Waals surface area (Å²) in [5, 5.41) is 13.4. The van der Waals surface area contributed by atoms with Crippen LogP contribution in [0, 0.1) is 5.92 Å². The van der Waals surface area contributed by atoms with Crippen LogP contribution >= 0.6 is 0 Å². The molecule has 2 rings (SSSR count). The highest BCUT2D eigenvalue weighted by Crippen LogP contribution is 2.23. The number of hydrogen-bond donors (Lipinski definition) is 1. The van der Waals surface area contributed by atoms with E-state index in [9.17, 15) is 13.2 Å². The monoisotopic (exact) mass is 316 g/mol. The summed E-state index contributed by atoms with van der Waals surface area (Å²) in [5.41, 5.74) is 0. The van der Waals surface area contributed by atoms with E-state index in [1.54, 1.807) is 0 Å². The molecule has 1 aromatic heterocycles. The minimum atomic E-state index is -3.23. The van der Waals surface area contributed by atoms with E-state index in [1.807, 2.05) is 6.92 Å². The summed E-state index contributed by atoms with van der Waals surface area (Å²) in [6.45, 7) is 2.86. The van der Waals surface area contributed by atoms with Gasteiger partial charge in [0.05, 0.1) is 6.26 Å². The molecule has 0 unspecified atom stereocenters. The smallest absolute Gasteiger partial charge is 0.242 e. The average molecular weight is 316 g/mol. The summed E-state index contributed by atoms with van der Waals surface area (Å²) in [7, 11) is -3.23. The lowest BCUT2D eigenvalue weighted by atomic mass is 9.98. The van der Waals surface area contributed by atoms with E-state index >= 15 is 0 Å². The molecule has 0 aromatic carbocycles. The lowest BCUT2D eigenvalue weighted by Gasteiger charge is -2.19. The minimum Gasteiger partial charge on any atom is -0.350 e. The number of tetrazole rings is 1. The molecule has 10 heteroatoms. The number of rotatable bonds is 6. The Kier molecular flexibility index (Phi) is 4.88. The van der Waals surface area contributed by atoms with Crippen LogP contribution in [0.3, 0.4) is 0 Å². The quantitative estimate of drug-likeness (QED) is 0.709. The molecule has 0 spiro atoms. The zero-order valence-electron chi connectivity index (χ0n) is 12.1. The first-order chi connectivity index (χ1) is 9.90. The van der Waals surface area contributed by atoms with Gasteiger partial charge in [-0.2, -0.15) is 4.31 Å². The normalized spacial score (nSPS) is 23.3. The molecule has 2 atom stereocenters. The maximum Gasteiger partial charge on any atom is 0.242 e. The Labute approximate surface area is 123 Å². The number of hydrogen-bond acceptors (Lipinski definition) is 6.